The minimum Gasteiger partial charge on any atom is -0.377 e. The molecule has 0 fully saturated rings. The minimum atomic E-state index is 0.146. The van der Waals surface area contributed by atoms with Gasteiger partial charge in [0.15, 0.2) is 5.96 Å². The van der Waals surface area contributed by atoms with E-state index < -0.39 is 0 Å². The minimum absolute atomic E-state index is 0.146. The Balaban J connectivity index is 1.80. The molecule has 4 nitrogen and oxygen atoms in total. The lowest BCUT2D eigenvalue weighted by molar-refractivity contribution is 0.153. The van der Waals surface area contributed by atoms with Crippen molar-refractivity contribution in [2.45, 2.75) is 25.8 Å². The molecule has 0 saturated heterocycles. The van der Waals surface area contributed by atoms with Gasteiger partial charge in [0.2, 0.25) is 0 Å². The molecule has 0 spiro atoms. The van der Waals surface area contributed by atoms with Gasteiger partial charge in [-0.2, -0.15) is 0 Å². The standard InChI is InChI=1S/C17H24ClN3O/c1-13(15-4-3-5-16(18)12-15)21-17(19-2)20-9-6-14-7-10-22-11-8-14/h3-5,7,12-13H,6,8-11H2,1-2H3,(H2,19,20,21). The van der Waals surface area contributed by atoms with Gasteiger partial charge < -0.3 is 15.4 Å². The maximum atomic E-state index is 6.04. The summed E-state index contributed by atoms with van der Waals surface area (Å²) in [5.74, 6) is 0.806. The fraction of sp³-hybridized carbons (Fsp3) is 0.471. The highest BCUT2D eigenvalue weighted by Crippen LogP contribution is 2.17. The van der Waals surface area contributed by atoms with Crippen molar-refractivity contribution >= 4 is 17.6 Å². The molecule has 2 N–H and O–H groups in total. The van der Waals surface area contributed by atoms with Crippen LogP contribution in [0.2, 0.25) is 5.02 Å². The Morgan fingerprint density at radius 2 is 2.32 bits per heavy atom. The first-order valence-electron chi connectivity index (χ1n) is 7.67. The number of aliphatic imine (C=N–C) groups is 1. The van der Waals surface area contributed by atoms with Gasteiger partial charge in [-0.05, 0) is 37.5 Å². The normalized spacial score (nSPS) is 16.9. The van der Waals surface area contributed by atoms with Gasteiger partial charge >= 0.3 is 0 Å². The summed E-state index contributed by atoms with van der Waals surface area (Å²) in [6.45, 7) is 4.55. The zero-order valence-corrected chi connectivity index (χ0v) is 14.0. The average Bonchev–Trinajstić information content (AvgIpc) is 2.54. The van der Waals surface area contributed by atoms with Crippen LogP contribution in [0.4, 0.5) is 0 Å². The second kappa shape index (κ2) is 8.81. The zero-order valence-electron chi connectivity index (χ0n) is 13.2. The van der Waals surface area contributed by atoms with E-state index >= 15 is 0 Å². The van der Waals surface area contributed by atoms with Gasteiger partial charge in [-0.25, -0.2) is 0 Å². The lowest BCUT2D eigenvalue weighted by Crippen LogP contribution is -2.39. The highest BCUT2D eigenvalue weighted by molar-refractivity contribution is 6.30. The van der Waals surface area contributed by atoms with Crippen molar-refractivity contribution in [3.63, 3.8) is 0 Å². The van der Waals surface area contributed by atoms with E-state index in [1.807, 2.05) is 18.2 Å². The van der Waals surface area contributed by atoms with Crippen molar-refractivity contribution in [3.05, 3.63) is 46.5 Å². The highest BCUT2D eigenvalue weighted by Gasteiger charge is 2.09. The summed E-state index contributed by atoms with van der Waals surface area (Å²) in [5, 5.41) is 7.49. The van der Waals surface area contributed by atoms with Crippen molar-refractivity contribution in [2.75, 3.05) is 26.8 Å². The van der Waals surface area contributed by atoms with Crippen LogP contribution in [0.25, 0.3) is 0 Å². The second-order valence-electron chi connectivity index (χ2n) is 5.36. The summed E-state index contributed by atoms with van der Waals surface area (Å²) in [5.41, 5.74) is 2.60. The molecule has 0 radical (unpaired) electrons. The number of hydrogen-bond donors (Lipinski definition) is 2. The molecule has 0 aromatic heterocycles. The first-order valence-corrected chi connectivity index (χ1v) is 8.05. The van der Waals surface area contributed by atoms with E-state index in [9.17, 15) is 0 Å². The van der Waals surface area contributed by atoms with Crippen molar-refractivity contribution < 1.29 is 4.74 Å². The van der Waals surface area contributed by atoms with Crippen LogP contribution in [0.3, 0.4) is 0 Å². The molecule has 120 valence electrons. The molecule has 1 aliphatic rings. The van der Waals surface area contributed by atoms with Crippen LogP contribution < -0.4 is 10.6 Å². The van der Waals surface area contributed by atoms with Gasteiger partial charge in [-0.1, -0.05) is 35.4 Å². The fourth-order valence-corrected chi connectivity index (χ4v) is 2.59. The van der Waals surface area contributed by atoms with Crippen LogP contribution in [-0.2, 0) is 4.74 Å². The molecule has 0 bridgehead atoms. The summed E-state index contributed by atoms with van der Waals surface area (Å²) in [4.78, 5) is 4.28. The van der Waals surface area contributed by atoms with Crippen LogP contribution in [0.15, 0.2) is 40.9 Å². The van der Waals surface area contributed by atoms with E-state index in [0.717, 1.165) is 49.1 Å². The number of ether oxygens (including phenoxy) is 1. The summed E-state index contributed by atoms with van der Waals surface area (Å²) in [6.07, 6.45) is 4.23. The molecule has 1 heterocycles. The van der Waals surface area contributed by atoms with Gasteiger partial charge in [-0.15, -0.1) is 0 Å². The van der Waals surface area contributed by atoms with E-state index in [1.54, 1.807) is 7.05 Å². The molecule has 1 atom stereocenters. The number of hydrogen-bond acceptors (Lipinski definition) is 2. The number of benzene rings is 1. The maximum absolute atomic E-state index is 6.04. The Bertz CT molecular complexity index is 542. The smallest absolute Gasteiger partial charge is 0.191 e. The molecule has 1 unspecified atom stereocenters. The molecule has 0 saturated carbocycles. The van der Waals surface area contributed by atoms with E-state index in [1.165, 1.54) is 5.57 Å². The van der Waals surface area contributed by atoms with Crippen molar-refractivity contribution in [1.29, 1.82) is 0 Å². The van der Waals surface area contributed by atoms with E-state index in [4.69, 9.17) is 16.3 Å². The monoisotopic (exact) mass is 321 g/mol. The molecule has 2 rings (SSSR count). The highest BCUT2D eigenvalue weighted by atomic mass is 35.5. The number of halogens is 1. The van der Waals surface area contributed by atoms with Crippen molar-refractivity contribution in [2.24, 2.45) is 4.99 Å². The lowest BCUT2D eigenvalue weighted by Gasteiger charge is -2.19. The molecule has 1 aliphatic heterocycles. The number of rotatable bonds is 5. The maximum Gasteiger partial charge on any atom is 0.191 e. The van der Waals surface area contributed by atoms with E-state index in [-0.39, 0.29) is 6.04 Å². The molecule has 5 heteroatoms. The largest absolute Gasteiger partial charge is 0.377 e. The third kappa shape index (κ3) is 5.35. The Hall–Kier alpha value is -1.52. The molecule has 1 aromatic rings. The molecular formula is C17H24ClN3O. The fourth-order valence-electron chi connectivity index (χ4n) is 2.39. The average molecular weight is 322 g/mol. The number of nitrogens with zero attached hydrogens (tertiary/aromatic N) is 1. The predicted molar refractivity (Wildman–Crippen MR) is 92.5 cm³/mol. The zero-order chi connectivity index (χ0) is 15.8. The van der Waals surface area contributed by atoms with Gasteiger partial charge in [0, 0.05) is 18.6 Å². The summed E-state index contributed by atoms with van der Waals surface area (Å²) >= 11 is 6.04. The quantitative estimate of drug-likeness (QED) is 0.497. The van der Waals surface area contributed by atoms with Crippen molar-refractivity contribution in [1.82, 2.24) is 10.6 Å². The Labute approximate surface area is 137 Å². The van der Waals surface area contributed by atoms with Gasteiger partial charge in [0.05, 0.1) is 19.3 Å². The van der Waals surface area contributed by atoms with Crippen molar-refractivity contribution in [3.8, 4) is 0 Å². The molecule has 1 aromatic carbocycles. The predicted octanol–water partition coefficient (Wildman–Crippen LogP) is 3.30. The van der Waals surface area contributed by atoms with Crippen LogP contribution in [0, 0.1) is 0 Å². The molecule has 22 heavy (non-hydrogen) atoms. The first kappa shape index (κ1) is 16.8. The third-order valence-corrected chi connectivity index (χ3v) is 3.96. The topological polar surface area (TPSA) is 45.7 Å². The Morgan fingerprint density at radius 3 is 3.00 bits per heavy atom. The van der Waals surface area contributed by atoms with E-state index in [0.29, 0.717) is 0 Å². The molecule has 0 aliphatic carbocycles. The van der Waals surface area contributed by atoms with Crippen LogP contribution in [0.1, 0.15) is 31.4 Å². The van der Waals surface area contributed by atoms with Crippen LogP contribution in [-0.4, -0.2) is 32.8 Å². The van der Waals surface area contributed by atoms with Crippen LogP contribution >= 0.6 is 11.6 Å². The lowest BCUT2D eigenvalue weighted by atomic mass is 10.1. The SMILES string of the molecule is CN=C(NCCC1=CCOCC1)NC(C)c1cccc(Cl)c1. The van der Waals surface area contributed by atoms with Gasteiger partial charge in [-0.3, -0.25) is 4.99 Å². The summed E-state index contributed by atoms with van der Waals surface area (Å²) < 4.78 is 5.32. The Kier molecular flexibility index (Phi) is 6.74. The first-order chi connectivity index (χ1) is 10.7. The third-order valence-electron chi connectivity index (χ3n) is 3.72. The van der Waals surface area contributed by atoms with Gasteiger partial charge in [0.25, 0.3) is 0 Å². The van der Waals surface area contributed by atoms with Gasteiger partial charge in [0.1, 0.15) is 0 Å². The Morgan fingerprint density at radius 1 is 1.45 bits per heavy atom. The molecule has 0 amide bonds. The van der Waals surface area contributed by atoms with E-state index in [2.05, 4.69) is 34.7 Å². The summed E-state index contributed by atoms with van der Waals surface area (Å²) in [7, 11) is 1.79. The molecular weight excluding hydrogens is 298 g/mol. The summed E-state index contributed by atoms with van der Waals surface area (Å²) in [6, 6.07) is 8.02. The van der Waals surface area contributed by atoms with Crippen LogP contribution in [0.5, 0.6) is 0 Å². The second-order valence-corrected chi connectivity index (χ2v) is 5.79. The number of guanidine groups is 1. The number of nitrogens with one attached hydrogen (secondary N) is 2.